The SMILES string of the molecule is CCN(CC)C(=O)c1ccc(CNC(=O)C2CCC(C(=O)O)CC2)cc1. The molecule has 0 heterocycles. The lowest BCUT2D eigenvalue weighted by atomic mass is 9.81. The average Bonchev–Trinajstić information content (AvgIpc) is 2.67. The predicted octanol–water partition coefficient (Wildman–Crippen LogP) is 2.68. The quantitative estimate of drug-likeness (QED) is 0.783. The summed E-state index contributed by atoms with van der Waals surface area (Å²) in [6, 6.07) is 7.30. The number of carbonyl (C=O) groups is 3. The Morgan fingerprint density at radius 2 is 1.54 bits per heavy atom. The molecule has 2 N–H and O–H groups in total. The second-order valence-electron chi connectivity index (χ2n) is 6.78. The van der Waals surface area contributed by atoms with E-state index in [1.54, 1.807) is 17.0 Å². The van der Waals surface area contributed by atoms with E-state index in [-0.39, 0.29) is 23.7 Å². The van der Waals surface area contributed by atoms with Crippen LogP contribution < -0.4 is 5.32 Å². The Morgan fingerprint density at radius 1 is 1.00 bits per heavy atom. The zero-order valence-corrected chi connectivity index (χ0v) is 15.5. The molecule has 1 saturated carbocycles. The smallest absolute Gasteiger partial charge is 0.306 e. The molecule has 6 heteroatoms. The van der Waals surface area contributed by atoms with Gasteiger partial charge < -0.3 is 15.3 Å². The highest BCUT2D eigenvalue weighted by atomic mass is 16.4. The number of nitrogens with one attached hydrogen (secondary N) is 1. The highest BCUT2D eigenvalue weighted by molar-refractivity contribution is 5.94. The van der Waals surface area contributed by atoms with Crippen molar-refractivity contribution in [1.82, 2.24) is 10.2 Å². The Hall–Kier alpha value is -2.37. The third-order valence-electron chi connectivity index (χ3n) is 5.17. The van der Waals surface area contributed by atoms with E-state index in [0.717, 1.165) is 5.56 Å². The lowest BCUT2D eigenvalue weighted by Gasteiger charge is -2.25. The summed E-state index contributed by atoms with van der Waals surface area (Å²) in [5, 5.41) is 11.9. The maximum atomic E-state index is 12.3. The van der Waals surface area contributed by atoms with E-state index >= 15 is 0 Å². The topological polar surface area (TPSA) is 86.7 Å². The molecule has 0 saturated heterocycles. The molecule has 1 aromatic rings. The van der Waals surface area contributed by atoms with Gasteiger partial charge in [0.05, 0.1) is 5.92 Å². The summed E-state index contributed by atoms with van der Waals surface area (Å²) in [4.78, 5) is 37.3. The van der Waals surface area contributed by atoms with Crippen LogP contribution >= 0.6 is 0 Å². The molecule has 142 valence electrons. The van der Waals surface area contributed by atoms with E-state index in [4.69, 9.17) is 5.11 Å². The van der Waals surface area contributed by atoms with Gasteiger partial charge in [0.15, 0.2) is 0 Å². The number of carboxylic acid groups (broad SMARTS) is 1. The lowest BCUT2D eigenvalue weighted by Crippen LogP contribution is -2.34. The van der Waals surface area contributed by atoms with Gasteiger partial charge in [-0.2, -0.15) is 0 Å². The van der Waals surface area contributed by atoms with Crippen molar-refractivity contribution in [2.24, 2.45) is 11.8 Å². The molecule has 1 aliphatic carbocycles. The van der Waals surface area contributed by atoms with Crippen LogP contribution in [0.15, 0.2) is 24.3 Å². The standard InChI is InChI=1S/C20H28N2O4/c1-3-22(4-2)19(24)16-7-5-14(6-8-16)13-21-18(23)15-9-11-17(12-10-15)20(25)26/h5-8,15,17H,3-4,9-13H2,1-2H3,(H,21,23)(H,25,26). The highest BCUT2D eigenvalue weighted by Crippen LogP contribution is 2.29. The number of benzene rings is 1. The van der Waals surface area contributed by atoms with Crippen LogP contribution in [0.2, 0.25) is 0 Å². The Kier molecular flexibility index (Phi) is 7.18. The Morgan fingerprint density at radius 3 is 2.04 bits per heavy atom. The van der Waals surface area contributed by atoms with Crippen molar-refractivity contribution in [1.29, 1.82) is 0 Å². The highest BCUT2D eigenvalue weighted by Gasteiger charge is 2.29. The Balaban J connectivity index is 1.83. The first-order valence-corrected chi connectivity index (χ1v) is 9.35. The molecule has 2 rings (SSSR count). The summed E-state index contributed by atoms with van der Waals surface area (Å²) in [6.45, 7) is 5.68. The van der Waals surface area contributed by atoms with Crippen molar-refractivity contribution in [2.45, 2.75) is 46.1 Å². The molecule has 0 atom stereocenters. The summed E-state index contributed by atoms with van der Waals surface area (Å²) in [6.07, 6.45) is 2.38. The van der Waals surface area contributed by atoms with E-state index in [0.29, 0.717) is 50.9 Å². The van der Waals surface area contributed by atoms with Crippen LogP contribution in [0.5, 0.6) is 0 Å². The summed E-state index contributed by atoms with van der Waals surface area (Å²) >= 11 is 0. The number of hydrogen-bond acceptors (Lipinski definition) is 3. The van der Waals surface area contributed by atoms with Crippen molar-refractivity contribution in [2.75, 3.05) is 13.1 Å². The van der Waals surface area contributed by atoms with Crippen molar-refractivity contribution in [3.05, 3.63) is 35.4 Å². The average molecular weight is 360 g/mol. The van der Waals surface area contributed by atoms with Gasteiger partial charge in [-0.3, -0.25) is 14.4 Å². The number of amides is 2. The molecule has 1 aliphatic rings. The van der Waals surface area contributed by atoms with Crippen LogP contribution in [0.1, 0.15) is 55.5 Å². The van der Waals surface area contributed by atoms with E-state index < -0.39 is 5.97 Å². The van der Waals surface area contributed by atoms with Gasteiger partial charge in [-0.1, -0.05) is 12.1 Å². The first-order chi connectivity index (χ1) is 12.5. The largest absolute Gasteiger partial charge is 0.481 e. The molecule has 0 radical (unpaired) electrons. The molecule has 2 amide bonds. The second-order valence-corrected chi connectivity index (χ2v) is 6.78. The number of hydrogen-bond donors (Lipinski definition) is 2. The van der Waals surface area contributed by atoms with Gasteiger partial charge in [-0.15, -0.1) is 0 Å². The minimum absolute atomic E-state index is 0.0146. The van der Waals surface area contributed by atoms with Crippen LogP contribution in [-0.2, 0) is 16.1 Å². The van der Waals surface area contributed by atoms with Crippen molar-refractivity contribution >= 4 is 17.8 Å². The zero-order valence-electron chi connectivity index (χ0n) is 15.5. The van der Waals surface area contributed by atoms with Gasteiger partial charge >= 0.3 is 5.97 Å². The fourth-order valence-corrected chi connectivity index (χ4v) is 3.39. The minimum atomic E-state index is -0.761. The van der Waals surface area contributed by atoms with Gasteiger partial charge in [-0.05, 0) is 57.2 Å². The number of rotatable bonds is 7. The van der Waals surface area contributed by atoms with Gasteiger partial charge in [0.2, 0.25) is 5.91 Å². The maximum absolute atomic E-state index is 12.3. The van der Waals surface area contributed by atoms with E-state index in [1.807, 2.05) is 26.0 Å². The monoisotopic (exact) mass is 360 g/mol. The molecule has 1 aromatic carbocycles. The molecule has 0 aliphatic heterocycles. The summed E-state index contributed by atoms with van der Waals surface area (Å²) in [7, 11) is 0. The van der Waals surface area contributed by atoms with Gasteiger partial charge in [-0.25, -0.2) is 0 Å². The number of aliphatic carboxylic acids is 1. The van der Waals surface area contributed by atoms with Gasteiger partial charge in [0.1, 0.15) is 0 Å². The van der Waals surface area contributed by atoms with Crippen LogP contribution in [0.4, 0.5) is 0 Å². The molecular weight excluding hydrogens is 332 g/mol. The third kappa shape index (κ3) is 5.07. The van der Waals surface area contributed by atoms with Crippen molar-refractivity contribution < 1.29 is 19.5 Å². The fourth-order valence-electron chi connectivity index (χ4n) is 3.39. The van der Waals surface area contributed by atoms with Crippen LogP contribution in [-0.4, -0.2) is 40.9 Å². The van der Waals surface area contributed by atoms with E-state index in [9.17, 15) is 14.4 Å². The number of carbonyl (C=O) groups excluding carboxylic acids is 2. The second kappa shape index (κ2) is 9.36. The molecule has 6 nitrogen and oxygen atoms in total. The number of nitrogens with zero attached hydrogens (tertiary/aromatic N) is 1. The van der Waals surface area contributed by atoms with Gasteiger partial charge in [0, 0.05) is 31.1 Å². The first kappa shape index (κ1) is 19.9. The lowest BCUT2D eigenvalue weighted by molar-refractivity contribution is -0.144. The Bertz CT molecular complexity index is 630. The van der Waals surface area contributed by atoms with E-state index in [1.165, 1.54) is 0 Å². The molecule has 0 spiro atoms. The van der Waals surface area contributed by atoms with E-state index in [2.05, 4.69) is 5.32 Å². The molecular formula is C20H28N2O4. The fraction of sp³-hybridized carbons (Fsp3) is 0.550. The predicted molar refractivity (Wildman–Crippen MR) is 98.6 cm³/mol. The molecule has 1 fully saturated rings. The summed E-state index contributed by atoms with van der Waals surface area (Å²) in [5.74, 6) is -1.18. The van der Waals surface area contributed by atoms with Crippen molar-refractivity contribution in [3.63, 3.8) is 0 Å². The third-order valence-corrected chi connectivity index (χ3v) is 5.17. The summed E-state index contributed by atoms with van der Waals surface area (Å²) in [5.41, 5.74) is 1.59. The zero-order chi connectivity index (χ0) is 19.1. The molecule has 0 aromatic heterocycles. The van der Waals surface area contributed by atoms with Gasteiger partial charge in [0.25, 0.3) is 5.91 Å². The van der Waals surface area contributed by atoms with Crippen LogP contribution in [0.25, 0.3) is 0 Å². The minimum Gasteiger partial charge on any atom is -0.481 e. The maximum Gasteiger partial charge on any atom is 0.306 e. The Labute approximate surface area is 154 Å². The summed E-state index contributed by atoms with van der Waals surface area (Å²) < 4.78 is 0. The van der Waals surface area contributed by atoms with Crippen molar-refractivity contribution in [3.8, 4) is 0 Å². The normalized spacial score (nSPS) is 19.6. The molecule has 0 bridgehead atoms. The molecule has 0 unspecified atom stereocenters. The number of carboxylic acids is 1. The van der Waals surface area contributed by atoms with Crippen LogP contribution in [0, 0.1) is 11.8 Å². The first-order valence-electron chi connectivity index (χ1n) is 9.35. The molecule has 26 heavy (non-hydrogen) atoms. The van der Waals surface area contributed by atoms with Crippen LogP contribution in [0.3, 0.4) is 0 Å².